The van der Waals surface area contributed by atoms with Gasteiger partial charge in [-0.2, -0.15) is 0 Å². The van der Waals surface area contributed by atoms with Gasteiger partial charge in [-0.3, -0.25) is 4.79 Å². The monoisotopic (exact) mass is 272 g/mol. The van der Waals surface area contributed by atoms with E-state index in [2.05, 4.69) is 48.5 Å². The number of carbonyl (C=O) groups is 1. The van der Waals surface area contributed by atoms with E-state index in [-0.39, 0.29) is 35.9 Å². The lowest BCUT2D eigenvalue weighted by molar-refractivity contribution is -0.178. The van der Waals surface area contributed by atoms with Gasteiger partial charge in [0, 0.05) is 0 Å². The number of esters is 1. The van der Waals surface area contributed by atoms with Crippen LogP contribution in [-0.4, -0.2) is 24.3 Å². The second kappa shape index (κ2) is 6.25. The average Bonchev–Trinajstić information content (AvgIpc) is 2.31. The molecule has 1 N–H and O–H groups in total. The molecule has 0 bridgehead atoms. The average molecular weight is 272 g/mol. The molecule has 0 heterocycles. The Kier molecular flexibility index (Phi) is 6.07. The summed E-state index contributed by atoms with van der Waals surface area (Å²) in [5, 5.41) is 8.86. The van der Waals surface area contributed by atoms with Crippen molar-refractivity contribution in [1.29, 1.82) is 0 Å². The van der Waals surface area contributed by atoms with E-state index >= 15 is 0 Å². The summed E-state index contributed by atoms with van der Waals surface area (Å²) in [7, 11) is 0. The first-order valence-corrected chi connectivity index (χ1v) is 7.27. The molecule has 0 saturated heterocycles. The highest BCUT2D eigenvalue weighted by Crippen LogP contribution is 2.57. The molecule has 2 atom stereocenters. The van der Waals surface area contributed by atoms with Crippen LogP contribution in [0.2, 0.25) is 0 Å². The Morgan fingerprint density at radius 2 is 1.63 bits per heavy atom. The van der Waals surface area contributed by atoms with Crippen molar-refractivity contribution in [3.63, 3.8) is 0 Å². The van der Waals surface area contributed by atoms with E-state index in [0.717, 1.165) is 6.42 Å². The van der Waals surface area contributed by atoms with Gasteiger partial charge in [-0.15, -0.1) is 0 Å². The van der Waals surface area contributed by atoms with E-state index < -0.39 is 5.41 Å². The Morgan fingerprint density at radius 1 is 1.16 bits per heavy atom. The number of hydrogen-bond acceptors (Lipinski definition) is 3. The van der Waals surface area contributed by atoms with E-state index in [4.69, 9.17) is 9.84 Å². The molecule has 3 nitrogen and oxygen atoms in total. The number of hydrogen-bond donors (Lipinski definition) is 1. The number of carbonyl (C=O) groups excluding carboxylic acids is 1. The second-order valence-corrected chi connectivity index (χ2v) is 7.15. The molecule has 19 heavy (non-hydrogen) atoms. The molecular formula is C16H32O3. The van der Waals surface area contributed by atoms with Gasteiger partial charge in [-0.1, -0.05) is 48.5 Å². The first-order valence-electron chi connectivity index (χ1n) is 7.27. The number of aliphatic hydroxyl groups excluding tert-OH is 1. The fourth-order valence-corrected chi connectivity index (χ4v) is 3.06. The molecule has 114 valence electrons. The Hall–Kier alpha value is -0.570. The largest absolute Gasteiger partial charge is 0.463 e. The van der Waals surface area contributed by atoms with Crippen molar-refractivity contribution in [2.45, 2.75) is 61.8 Å². The predicted molar refractivity (Wildman–Crippen MR) is 78.8 cm³/mol. The zero-order valence-electron chi connectivity index (χ0n) is 14.0. The second-order valence-electron chi connectivity index (χ2n) is 7.15. The van der Waals surface area contributed by atoms with E-state index in [9.17, 15) is 4.79 Å². The van der Waals surface area contributed by atoms with Crippen molar-refractivity contribution >= 4 is 5.97 Å². The first kappa shape index (κ1) is 18.4. The lowest BCUT2D eigenvalue weighted by Crippen LogP contribution is -2.54. The maximum Gasteiger partial charge on any atom is 0.312 e. The van der Waals surface area contributed by atoms with Gasteiger partial charge in [-0.05, 0) is 30.1 Å². The molecule has 0 aromatic carbocycles. The van der Waals surface area contributed by atoms with Gasteiger partial charge in [0.2, 0.25) is 0 Å². The van der Waals surface area contributed by atoms with Crippen LogP contribution in [0.5, 0.6) is 0 Å². The van der Waals surface area contributed by atoms with Gasteiger partial charge < -0.3 is 9.84 Å². The van der Waals surface area contributed by atoms with Gasteiger partial charge in [0.15, 0.2) is 0 Å². The standard InChI is InChI=1S/C16H32O3/c1-9-15(7,14(4,5)6)16(8,12(2)3)13(18)19-11-10-17/h12,17H,9-11H2,1-8H3. The molecule has 0 spiro atoms. The summed E-state index contributed by atoms with van der Waals surface area (Å²) in [6.07, 6.45) is 0.902. The molecule has 0 rings (SSSR count). The topological polar surface area (TPSA) is 46.5 Å². The third-order valence-corrected chi connectivity index (χ3v) is 5.41. The summed E-state index contributed by atoms with van der Waals surface area (Å²) < 4.78 is 5.27. The molecule has 0 fully saturated rings. The van der Waals surface area contributed by atoms with Gasteiger partial charge >= 0.3 is 5.97 Å². The molecule has 0 aromatic rings. The van der Waals surface area contributed by atoms with Crippen LogP contribution in [0.25, 0.3) is 0 Å². The summed E-state index contributed by atoms with van der Waals surface area (Å²) in [4.78, 5) is 12.6. The molecule has 3 heteroatoms. The third-order valence-electron chi connectivity index (χ3n) is 5.41. The minimum absolute atomic E-state index is 0.0149. The van der Waals surface area contributed by atoms with E-state index in [1.807, 2.05) is 6.92 Å². The first-order chi connectivity index (χ1) is 8.49. The van der Waals surface area contributed by atoms with Crippen molar-refractivity contribution < 1.29 is 14.6 Å². The van der Waals surface area contributed by atoms with Crippen LogP contribution < -0.4 is 0 Å². The summed E-state index contributed by atoms with van der Waals surface area (Å²) in [6.45, 7) is 16.9. The minimum Gasteiger partial charge on any atom is -0.463 e. The molecule has 0 amide bonds. The van der Waals surface area contributed by atoms with Crippen molar-refractivity contribution in [2.24, 2.45) is 22.2 Å². The Bertz CT molecular complexity index is 304. The van der Waals surface area contributed by atoms with Gasteiger partial charge in [0.05, 0.1) is 12.0 Å². The fourth-order valence-electron chi connectivity index (χ4n) is 3.06. The van der Waals surface area contributed by atoms with Crippen LogP contribution in [0.3, 0.4) is 0 Å². The number of aliphatic hydroxyl groups is 1. The maximum absolute atomic E-state index is 12.6. The number of rotatable bonds is 6. The van der Waals surface area contributed by atoms with Crippen molar-refractivity contribution in [1.82, 2.24) is 0 Å². The summed E-state index contributed by atoms with van der Waals surface area (Å²) >= 11 is 0. The molecule has 0 aromatic heterocycles. The zero-order chi connectivity index (χ0) is 15.5. The molecule has 0 aliphatic carbocycles. The zero-order valence-corrected chi connectivity index (χ0v) is 14.0. The van der Waals surface area contributed by atoms with E-state index in [0.29, 0.717) is 0 Å². The highest BCUT2D eigenvalue weighted by atomic mass is 16.5. The number of ether oxygens (including phenoxy) is 1. The van der Waals surface area contributed by atoms with Crippen LogP contribution in [0.15, 0.2) is 0 Å². The molecule has 0 saturated carbocycles. The SMILES string of the molecule is CCC(C)(C(C)(C)C)C(C)(C(=O)OCCO)C(C)C. The maximum atomic E-state index is 12.6. The normalized spacial score (nSPS) is 18.8. The van der Waals surface area contributed by atoms with Crippen molar-refractivity contribution in [3.8, 4) is 0 Å². The Morgan fingerprint density at radius 3 is 1.89 bits per heavy atom. The fraction of sp³-hybridized carbons (Fsp3) is 0.938. The van der Waals surface area contributed by atoms with Crippen LogP contribution in [-0.2, 0) is 9.53 Å². The quantitative estimate of drug-likeness (QED) is 0.751. The van der Waals surface area contributed by atoms with Crippen LogP contribution in [0.4, 0.5) is 0 Å². The smallest absolute Gasteiger partial charge is 0.312 e. The molecule has 0 radical (unpaired) electrons. The Labute approximate surface area is 118 Å². The van der Waals surface area contributed by atoms with E-state index in [1.54, 1.807) is 0 Å². The van der Waals surface area contributed by atoms with Gasteiger partial charge in [0.1, 0.15) is 6.61 Å². The predicted octanol–water partition coefficient (Wildman–Crippen LogP) is 3.65. The van der Waals surface area contributed by atoms with Crippen LogP contribution in [0, 0.1) is 22.2 Å². The molecular weight excluding hydrogens is 240 g/mol. The summed E-state index contributed by atoms with van der Waals surface area (Å²) in [5.74, 6) is -0.0290. The summed E-state index contributed by atoms with van der Waals surface area (Å²) in [5.41, 5.74) is -0.769. The summed E-state index contributed by atoms with van der Waals surface area (Å²) in [6, 6.07) is 0. The lowest BCUT2D eigenvalue weighted by Gasteiger charge is -2.54. The van der Waals surface area contributed by atoms with Crippen LogP contribution >= 0.6 is 0 Å². The Balaban J connectivity index is 5.68. The third kappa shape index (κ3) is 3.13. The molecule has 0 aliphatic heterocycles. The molecule has 2 unspecified atom stereocenters. The highest BCUT2D eigenvalue weighted by molar-refractivity contribution is 5.78. The van der Waals surface area contributed by atoms with Crippen molar-refractivity contribution in [2.75, 3.05) is 13.2 Å². The van der Waals surface area contributed by atoms with E-state index in [1.165, 1.54) is 0 Å². The molecule has 0 aliphatic rings. The van der Waals surface area contributed by atoms with Crippen molar-refractivity contribution in [3.05, 3.63) is 0 Å². The van der Waals surface area contributed by atoms with Gasteiger partial charge in [0.25, 0.3) is 0 Å². The van der Waals surface area contributed by atoms with Crippen LogP contribution in [0.1, 0.15) is 61.8 Å². The lowest BCUT2D eigenvalue weighted by atomic mass is 9.49. The minimum atomic E-state index is -0.574. The highest BCUT2D eigenvalue weighted by Gasteiger charge is 2.57. The van der Waals surface area contributed by atoms with Gasteiger partial charge in [-0.25, -0.2) is 0 Å².